The zero-order valence-corrected chi connectivity index (χ0v) is 22.3. The number of hydrogen-bond donors (Lipinski definition) is 3. The second-order valence-electron chi connectivity index (χ2n) is 7.19. The number of ether oxygens (including phenoxy) is 1. The molecule has 16 heteroatoms. The molecule has 0 aliphatic rings. The zero-order chi connectivity index (χ0) is 26.0. The molecular weight excluding hydrogens is 561 g/mol. The molecule has 0 saturated heterocycles. The Morgan fingerprint density at radius 2 is 1.74 bits per heavy atom. The molecule has 0 unspecified atom stereocenters. The first kappa shape index (κ1) is 27.1. The molecule has 0 aliphatic carbocycles. The van der Waals surface area contributed by atoms with E-state index in [0.29, 0.717) is 16.4 Å². The number of nitrogens with zero attached hydrogens (tertiary/aromatic N) is 2. The number of carbonyl (C=O) groups excluding carboxylic acids is 1. The Morgan fingerprint density at radius 3 is 2.37 bits per heavy atom. The second-order valence-corrected chi connectivity index (χ2v) is 12.6. The highest BCUT2D eigenvalue weighted by Crippen LogP contribution is 2.31. The summed E-state index contributed by atoms with van der Waals surface area (Å²) in [5.74, 6) is -0.565. The lowest BCUT2D eigenvalue weighted by atomic mass is 10.2. The standard InChI is InChI=1S/C19H19Cl2N5O6S3/c1-10(2)25-34(28,29)12-5-7-16(32-3)15(9-12)26-35(30,31)19-24-23-18(33-19)22-17(27)13-6-4-11(20)8-14(13)21/h4-10,25-26H,1-3H3,(H,22,23,27). The van der Waals surface area contributed by atoms with Gasteiger partial charge in [0.2, 0.25) is 15.2 Å². The van der Waals surface area contributed by atoms with Crippen LogP contribution in [-0.4, -0.2) is 46.1 Å². The van der Waals surface area contributed by atoms with Crippen LogP contribution in [0.1, 0.15) is 24.2 Å². The highest BCUT2D eigenvalue weighted by atomic mass is 35.5. The Balaban J connectivity index is 1.85. The number of aromatic nitrogens is 2. The lowest BCUT2D eigenvalue weighted by molar-refractivity contribution is 0.102. The van der Waals surface area contributed by atoms with Gasteiger partial charge in [-0.3, -0.25) is 14.8 Å². The maximum Gasteiger partial charge on any atom is 0.291 e. The molecule has 3 N–H and O–H groups in total. The van der Waals surface area contributed by atoms with Crippen molar-refractivity contribution in [2.45, 2.75) is 29.1 Å². The Bertz CT molecular complexity index is 1480. The van der Waals surface area contributed by atoms with Crippen molar-refractivity contribution in [1.82, 2.24) is 14.9 Å². The third-order valence-corrected chi connectivity index (χ3v) is 8.92. The van der Waals surface area contributed by atoms with Gasteiger partial charge in [-0.1, -0.05) is 34.5 Å². The van der Waals surface area contributed by atoms with E-state index in [2.05, 4.69) is 25.0 Å². The molecular formula is C19H19Cl2N5O6S3. The number of amides is 1. The summed E-state index contributed by atoms with van der Waals surface area (Å²) in [6.07, 6.45) is 0. The van der Waals surface area contributed by atoms with E-state index in [9.17, 15) is 21.6 Å². The summed E-state index contributed by atoms with van der Waals surface area (Å²) in [6.45, 7) is 3.30. The molecule has 11 nitrogen and oxygen atoms in total. The molecule has 0 atom stereocenters. The summed E-state index contributed by atoms with van der Waals surface area (Å²) in [5.41, 5.74) is -0.0283. The third kappa shape index (κ3) is 6.59. The molecule has 1 aromatic heterocycles. The average molecular weight is 580 g/mol. The van der Waals surface area contributed by atoms with Crippen LogP contribution in [0.2, 0.25) is 10.0 Å². The van der Waals surface area contributed by atoms with Gasteiger partial charge in [0.25, 0.3) is 20.3 Å². The monoisotopic (exact) mass is 579 g/mol. The van der Waals surface area contributed by atoms with Crippen LogP contribution in [0.25, 0.3) is 0 Å². The van der Waals surface area contributed by atoms with Crippen LogP contribution in [0, 0.1) is 0 Å². The molecule has 0 bridgehead atoms. The largest absolute Gasteiger partial charge is 0.495 e. The van der Waals surface area contributed by atoms with E-state index in [0.717, 1.165) is 6.07 Å². The maximum atomic E-state index is 12.9. The molecule has 2 aromatic carbocycles. The first-order valence-corrected chi connectivity index (χ1v) is 14.2. The number of carbonyl (C=O) groups is 1. The van der Waals surface area contributed by atoms with Crippen molar-refractivity contribution < 1.29 is 26.4 Å². The quantitative estimate of drug-likeness (QED) is 0.324. The summed E-state index contributed by atoms with van der Waals surface area (Å²) in [5, 5.41) is 10.0. The number of methoxy groups -OCH3 is 1. The van der Waals surface area contributed by atoms with Crippen LogP contribution in [-0.2, 0) is 20.0 Å². The van der Waals surface area contributed by atoms with E-state index in [-0.39, 0.29) is 38.1 Å². The van der Waals surface area contributed by atoms with Crippen LogP contribution >= 0.6 is 34.5 Å². The molecule has 188 valence electrons. The molecule has 3 aromatic rings. The number of nitrogens with one attached hydrogen (secondary N) is 3. The summed E-state index contributed by atoms with van der Waals surface area (Å²) in [4.78, 5) is 12.3. The minimum Gasteiger partial charge on any atom is -0.495 e. The third-order valence-electron chi connectivity index (χ3n) is 4.15. The lowest BCUT2D eigenvalue weighted by Gasteiger charge is -2.14. The van der Waals surface area contributed by atoms with Gasteiger partial charge in [0, 0.05) is 11.1 Å². The van der Waals surface area contributed by atoms with Gasteiger partial charge in [-0.25, -0.2) is 13.1 Å². The minimum atomic E-state index is -4.32. The average Bonchev–Trinajstić information content (AvgIpc) is 3.22. The molecule has 1 heterocycles. The number of sulfonamides is 2. The van der Waals surface area contributed by atoms with Crippen molar-refractivity contribution in [3.63, 3.8) is 0 Å². The fraction of sp³-hybridized carbons (Fsp3) is 0.211. The number of anilines is 2. The topological polar surface area (TPSA) is 156 Å². The highest BCUT2D eigenvalue weighted by molar-refractivity contribution is 7.94. The fourth-order valence-electron chi connectivity index (χ4n) is 2.71. The Morgan fingerprint density at radius 1 is 1.03 bits per heavy atom. The number of halogens is 2. The van der Waals surface area contributed by atoms with Crippen LogP contribution in [0.3, 0.4) is 0 Å². The smallest absolute Gasteiger partial charge is 0.291 e. The fourth-order valence-corrected chi connectivity index (χ4v) is 6.44. The number of rotatable bonds is 9. The van der Waals surface area contributed by atoms with Crippen molar-refractivity contribution in [2.75, 3.05) is 17.1 Å². The van der Waals surface area contributed by atoms with E-state index < -0.39 is 30.3 Å². The van der Waals surface area contributed by atoms with Crippen molar-refractivity contribution >= 4 is 71.3 Å². The first-order valence-electron chi connectivity index (χ1n) is 9.65. The second kappa shape index (κ2) is 10.6. The van der Waals surface area contributed by atoms with E-state index in [1.807, 2.05) is 0 Å². The van der Waals surface area contributed by atoms with E-state index in [4.69, 9.17) is 27.9 Å². The van der Waals surface area contributed by atoms with Crippen molar-refractivity contribution in [1.29, 1.82) is 0 Å². The molecule has 3 rings (SSSR count). The van der Waals surface area contributed by atoms with Gasteiger partial charge >= 0.3 is 0 Å². The predicted octanol–water partition coefficient (Wildman–Crippen LogP) is 3.59. The molecule has 0 radical (unpaired) electrons. The number of benzene rings is 2. The maximum absolute atomic E-state index is 12.9. The minimum absolute atomic E-state index is 0.0764. The normalized spacial score (nSPS) is 11.9. The van der Waals surface area contributed by atoms with Gasteiger partial charge in [-0.05, 0) is 50.2 Å². The van der Waals surface area contributed by atoms with Gasteiger partial charge < -0.3 is 4.74 Å². The summed E-state index contributed by atoms with van der Waals surface area (Å²) < 4.78 is 60.1. The molecule has 0 spiro atoms. The van der Waals surface area contributed by atoms with Crippen molar-refractivity contribution in [2.24, 2.45) is 0 Å². The molecule has 35 heavy (non-hydrogen) atoms. The van der Waals surface area contributed by atoms with E-state index >= 15 is 0 Å². The van der Waals surface area contributed by atoms with Crippen LogP contribution < -0.4 is 19.5 Å². The van der Waals surface area contributed by atoms with Gasteiger partial charge in [-0.2, -0.15) is 8.42 Å². The molecule has 1 amide bonds. The number of hydrogen-bond acceptors (Lipinski definition) is 9. The summed E-state index contributed by atoms with van der Waals surface area (Å²) >= 11 is 12.4. The van der Waals surface area contributed by atoms with Gasteiger partial charge in [0.1, 0.15) is 5.75 Å². The SMILES string of the molecule is COc1ccc(S(=O)(=O)NC(C)C)cc1NS(=O)(=O)c1nnc(NC(=O)c2ccc(Cl)cc2Cl)s1. The van der Waals surface area contributed by atoms with Crippen LogP contribution in [0.5, 0.6) is 5.75 Å². The van der Waals surface area contributed by atoms with Crippen LogP contribution in [0.4, 0.5) is 10.8 Å². The van der Waals surface area contributed by atoms with Gasteiger partial charge in [0.05, 0.1) is 28.3 Å². The lowest BCUT2D eigenvalue weighted by Crippen LogP contribution is -2.30. The molecule has 0 aliphatic heterocycles. The summed E-state index contributed by atoms with van der Waals surface area (Å²) in [7, 11) is -6.92. The van der Waals surface area contributed by atoms with Gasteiger partial charge in [-0.15, -0.1) is 10.2 Å². The van der Waals surface area contributed by atoms with Crippen molar-refractivity contribution in [3.05, 3.63) is 52.0 Å². The van der Waals surface area contributed by atoms with Crippen LogP contribution in [0.15, 0.2) is 45.6 Å². The molecule has 0 saturated carbocycles. The predicted molar refractivity (Wildman–Crippen MR) is 134 cm³/mol. The summed E-state index contributed by atoms with van der Waals surface area (Å²) in [6, 6.07) is 7.60. The molecule has 0 fully saturated rings. The van der Waals surface area contributed by atoms with Gasteiger partial charge in [0.15, 0.2) is 0 Å². The van der Waals surface area contributed by atoms with E-state index in [1.165, 1.54) is 37.4 Å². The Hall–Kier alpha value is -2.49. The van der Waals surface area contributed by atoms with Crippen molar-refractivity contribution in [3.8, 4) is 5.75 Å². The Kier molecular flexibility index (Phi) is 8.24. The zero-order valence-electron chi connectivity index (χ0n) is 18.4. The van der Waals surface area contributed by atoms with E-state index in [1.54, 1.807) is 13.8 Å². The Labute approximate surface area is 215 Å². The highest BCUT2D eigenvalue weighted by Gasteiger charge is 2.25. The first-order chi connectivity index (χ1) is 16.3.